The van der Waals surface area contributed by atoms with Crippen LogP contribution in [0.2, 0.25) is 0 Å². The standard InChI is InChI=1S/C19H17N3O7S2/c1-10-9-31-18-16(20-13(23)7-28-8-14(20)30)17(24)21(18)15(10)19(25)29-6-11-2-4-12(5-3-11)22(26)27/h2-5,16,18H,6-9H2,1H3/t16?,18-/m1/s1. The molecule has 2 saturated heterocycles. The number of hydrogen-bond acceptors (Lipinski definition) is 9. The van der Waals surface area contributed by atoms with Crippen LogP contribution in [0.25, 0.3) is 0 Å². The molecule has 1 aromatic rings. The Kier molecular flexibility index (Phi) is 5.77. The first kappa shape index (κ1) is 21.4. The summed E-state index contributed by atoms with van der Waals surface area (Å²) in [6.07, 6.45) is 0. The first-order chi connectivity index (χ1) is 14.8. The van der Waals surface area contributed by atoms with Crippen molar-refractivity contribution in [1.82, 2.24) is 9.80 Å². The summed E-state index contributed by atoms with van der Waals surface area (Å²) in [5.74, 6) is -0.929. The van der Waals surface area contributed by atoms with Gasteiger partial charge in [0.25, 0.3) is 17.5 Å². The Morgan fingerprint density at radius 3 is 2.65 bits per heavy atom. The number of nitrogens with zero attached hydrogens (tertiary/aromatic N) is 3. The molecule has 2 atom stereocenters. The second-order valence-electron chi connectivity index (χ2n) is 7.13. The van der Waals surface area contributed by atoms with Gasteiger partial charge in [-0.25, -0.2) is 4.79 Å². The summed E-state index contributed by atoms with van der Waals surface area (Å²) in [6.45, 7) is 1.61. The van der Waals surface area contributed by atoms with E-state index in [0.717, 1.165) is 0 Å². The lowest BCUT2D eigenvalue weighted by Crippen LogP contribution is -2.73. The van der Waals surface area contributed by atoms with Crippen molar-refractivity contribution in [1.29, 1.82) is 0 Å². The molecule has 4 rings (SSSR count). The van der Waals surface area contributed by atoms with Gasteiger partial charge in [0.2, 0.25) is 0 Å². The third kappa shape index (κ3) is 3.82. The van der Waals surface area contributed by atoms with Gasteiger partial charge in [0.1, 0.15) is 35.3 Å². The fraction of sp³-hybridized carbons (Fsp3) is 0.368. The molecule has 2 fully saturated rings. The maximum Gasteiger partial charge on any atom is 0.355 e. The van der Waals surface area contributed by atoms with Gasteiger partial charge in [-0.1, -0.05) is 12.2 Å². The lowest BCUT2D eigenvalue weighted by molar-refractivity contribution is -0.384. The molecule has 2 amide bonds. The van der Waals surface area contributed by atoms with E-state index in [4.69, 9.17) is 21.7 Å². The molecule has 3 aliphatic heterocycles. The van der Waals surface area contributed by atoms with Crippen molar-refractivity contribution in [2.45, 2.75) is 24.9 Å². The van der Waals surface area contributed by atoms with Gasteiger partial charge in [-0.05, 0) is 30.2 Å². The second kappa shape index (κ2) is 8.36. The zero-order valence-corrected chi connectivity index (χ0v) is 17.9. The molecule has 31 heavy (non-hydrogen) atoms. The van der Waals surface area contributed by atoms with Crippen LogP contribution in [0.1, 0.15) is 12.5 Å². The fourth-order valence-electron chi connectivity index (χ4n) is 3.59. The van der Waals surface area contributed by atoms with E-state index in [9.17, 15) is 24.5 Å². The SMILES string of the molecule is CC1=C(C(=O)OCc2ccc([N+](=O)[O-])cc2)N2C(=O)C(N3C(=O)COCC3=S)[C@H]2SC1. The van der Waals surface area contributed by atoms with Crippen LogP contribution >= 0.6 is 24.0 Å². The second-order valence-corrected chi connectivity index (χ2v) is 8.71. The van der Waals surface area contributed by atoms with E-state index in [-0.39, 0.29) is 42.1 Å². The van der Waals surface area contributed by atoms with E-state index in [2.05, 4.69) is 0 Å². The molecule has 1 aromatic carbocycles. The van der Waals surface area contributed by atoms with Crippen LogP contribution in [-0.4, -0.2) is 67.9 Å². The van der Waals surface area contributed by atoms with E-state index in [1.807, 2.05) is 0 Å². The van der Waals surface area contributed by atoms with Gasteiger partial charge in [-0.3, -0.25) is 29.5 Å². The highest BCUT2D eigenvalue weighted by Crippen LogP contribution is 2.43. The van der Waals surface area contributed by atoms with E-state index in [1.165, 1.54) is 45.8 Å². The first-order valence-corrected chi connectivity index (χ1v) is 10.7. The number of thiocarbonyl (C=S) groups is 1. The molecule has 1 unspecified atom stereocenters. The van der Waals surface area contributed by atoms with Gasteiger partial charge in [-0.15, -0.1) is 11.8 Å². The molecule has 0 aliphatic carbocycles. The minimum Gasteiger partial charge on any atom is -0.456 e. The Hall–Kier alpha value is -2.83. The third-order valence-corrected chi connectivity index (χ3v) is 6.83. The number of hydrogen-bond donors (Lipinski definition) is 0. The lowest BCUT2D eigenvalue weighted by atomic mass is 10.0. The highest BCUT2D eigenvalue weighted by molar-refractivity contribution is 8.00. The number of carbonyl (C=O) groups excluding carboxylic acids is 3. The largest absolute Gasteiger partial charge is 0.456 e. The van der Waals surface area contributed by atoms with Gasteiger partial charge >= 0.3 is 5.97 Å². The molecule has 12 heteroatoms. The van der Waals surface area contributed by atoms with Crippen molar-refractivity contribution < 1.29 is 28.8 Å². The molecule has 0 saturated carbocycles. The minimum absolute atomic E-state index is 0.0615. The number of nitro benzene ring substituents is 1. The Morgan fingerprint density at radius 2 is 2.00 bits per heavy atom. The number of non-ortho nitro benzene ring substituents is 1. The summed E-state index contributed by atoms with van der Waals surface area (Å²) in [5.41, 5.74) is 1.38. The highest BCUT2D eigenvalue weighted by Gasteiger charge is 2.57. The molecular weight excluding hydrogens is 446 g/mol. The maximum atomic E-state index is 12.9. The number of fused-ring (bicyclic) bond motifs is 1. The number of amides is 2. The number of ether oxygens (including phenoxy) is 2. The van der Waals surface area contributed by atoms with E-state index >= 15 is 0 Å². The molecule has 162 valence electrons. The summed E-state index contributed by atoms with van der Waals surface area (Å²) in [5, 5.41) is 10.3. The molecular formula is C19H17N3O7S2. The van der Waals surface area contributed by atoms with Gasteiger partial charge < -0.3 is 9.47 Å². The van der Waals surface area contributed by atoms with Crippen LogP contribution in [0.4, 0.5) is 5.69 Å². The monoisotopic (exact) mass is 463 g/mol. The molecule has 10 nitrogen and oxygen atoms in total. The van der Waals surface area contributed by atoms with Gasteiger partial charge in [0, 0.05) is 17.9 Å². The zero-order valence-electron chi connectivity index (χ0n) is 16.3. The minimum atomic E-state index is -0.764. The van der Waals surface area contributed by atoms with Crippen molar-refractivity contribution >= 4 is 52.4 Å². The Bertz CT molecular complexity index is 1010. The smallest absolute Gasteiger partial charge is 0.355 e. The first-order valence-electron chi connectivity index (χ1n) is 9.27. The van der Waals surface area contributed by atoms with Crippen LogP contribution in [0.15, 0.2) is 35.5 Å². The lowest BCUT2D eigenvalue weighted by Gasteiger charge is -2.53. The number of nitro groups is 1. The number of thioether (sulfide) groups is 1. The normalized spacial score (nSPS) is 23.5. The van der Waals surface area contributed by atoms with Gasteiger partial charge in [0.15, 0.2) is 0 Å². The number of β-lactam (4-membered cyclic amide) rings is 1. The van der Waals surface area contributed by atoms with Crippen LogP contribution in [-0.2, 0) is 30.5 Å². The number of rotatable bonds is 5. The van der Waals surface area contributed by atoms with Crippen molar-refractivity contribution in [3.8, 4) is 0 Å². The number of esters is 1. The Labute approximate surface area is 186 Å². The average Bonchev–Trinajstić information content (AvgIpc) is 2.74. The Balaban J connectivity index is 1.47. The molecule has 0 N–H and O–H groups in total. The van der Waals surface area contributed by atoms with Gasteiger partial charge in [-0.2, -0.15) is 0 Å². The van der Waals surface area contributed by atoms with E-state index in [1.54, 1.807) is 6.92 Å². The Morgan fingerprint density at radius 1 is 1.29 bits per heavy atom. The third-order valence-electron chi connectivity index (χ3n) is 5.11. The van der Waals surface area contributed by atoms with Crippen LogP contribution in [0.3, 0.4) is 0 Å². The molecule has 3 aliphatic rings. The summed E-state index contributed by atoms with van der Waals surface area (Å²) >= 11 is 6.66. The molecule has 0 spiro atoms. The number of carbonyl (C=O) groups is 3. The summed E-state index contributed by atoms with van der Waals surface area (Å²) in [7, 11) is 0. The van der Waals surface area contributed by atoms with Gasteiger partial charge in [0.05, 0.1) is 11.5 Å². The average molecular weight is 463 g/mol. The van der Waals surface area contributed by atoms with Crippen molar-refractivity contribution in [2.75, 3.05) is 19.0 Å². The molecule has 0 bridgehead atoms. The molecule has 3 heterocycles. The quantitative estimate of drug-likeness (QED) is 0.210. The van der Waals surface area contributed by atoms with Crippen LogP contribution in [0, 0.1) is 10.1 Å². The van der Waals surface area contributed by atoms with Crippen LogP contribution in [0.5, 0.6) is 0 Å². The van der Waals surface area contributed by atoms with Crippen LogP contribution < -0.4 is 0 Å². The predicted octanol–water partition coefficient (Wildman–Crippen LogP) is 1.38. The van der Waals surface area contributed by atoms with Crippen molar-refractivity contribution in [2.24, 2.45) is 0 Å². The molecule has 0 radical (unpaired) electrons. The van der Waals surface area contributed by atoms with E-state index < -0.39 is 28.2 Å². The van der Waals surface area contributed by atoms with Crippen molar-refractivity contribution in [3.63, 3.8) is 0 Å². The van der Waals surface area contributed by atoms with Crippen molar-refractivity contribution in [3.05, 3.63) is 51.2 Å². The summed E-state index contributed by atoms with van der Waals surface area (Å²) < 4.78 is 10.5. The highest BCUT2D eigenvalue weighted by atomic mass is 32.2. The predicted molar refractivity (Wildman–Crippen MR) is 113 cm³/mol. The summed E-state index contributed by atoms with van der Waals surface area (Å²) in [4.78, 5) is 51.1. The van der Waals surface area contributed by atoms with E-state index in [0.29, 0.717) is 16.9 Å². The number of benzene rings is 1. The number of morpholine rings is 1. The maximum absolute atomic E-state index is 12.9. The topological polar surface area (TPSA) is 119 Å². The fourth-order valence-corrected chi connectivity index (χ4v) is 5.23. The summed E-state index contributed by atoms with van der Waals surface area (Å²) in [6, 6.07) is 4.89. The molecule has 0 aromatic heterocycles. The zero-order chi connectivity index (χ0) is 22.3.